The first-order valence-electron chi connectivity index (χ1n) is 9.69. The normalized spacial score (nSPS) is 17.9. The number of rotatable bonds is 6. The van der Waals surface area contributed by atoms with Gasteiger partial charge in [-0.25, -0.2) is 4.98 Å². The Labute approximate surface area is 168 Å². The Kier molecular flexibility index (Phi) is 5.41. The van der Waals surface area contributed by atoms with Gasteiger partial charge in [-0.1, -0.05) is 24.3 Å². The second-order valence-electron chi connectivity index (χ2n) is 7.28. The molecule has 1 atom stereocenters. The molecule has 8 heteroatoms. The molecule has 2 aromatic rings. The molecule has 2 N–H and O–H groups in total. The van der Waals surface area contributed by atoms with E-state index < -0.39 is 0 Å². The Morgan fingerprint density at radius 1 is 1.14 bits per heavy atom. The van der Waals surface area contributed by atoms with Gasteiger partial charge in [0, 0.05) is 37.4 Å². The van der Waals surface area contributed by atoms with E-state index >= 15 is 0 Å². The van der Waals surface area contributed by atoms with Crippen LogP contribution in [-0.4, -0.2) is 64.7 Å². The number of nitrogens with zero attached hydrogens (tertiary/aromatic N) is 3. The zero-order chi connectivity index (χ0) is 20.2. The summed E-state index contributed by atoms with van der Waals surface area (Å²) in [4.78, 5) is 44.6. The Hall–Kier alpha value is -3.42. The number of hydrogen-bond acceptors (Lipinski definition) is 5. The summed E-state index contributed by atoms with van der Waals surface area (Å²) in [6.45, 7) is 1.72. The summed E-state index contributed by atoms with van der Waals surface area (Å²) in [5.74, 6) is 0.315. The maximum atomic E-state index is 12.4. The van der Waals surface area contributed by atoms with Crippen LogP contribution in [0.2, 0.25) is 0 Å². The minimum Gasteiger partial charge on any atom is -0.361 e. The minimum atomic E-state index is -0.197. The number of likely N-dealkylation sites (tertiary alicyclic amines) is 1. The zero-order valence-electron chi connectivity index (χ0n) is 16.0. The Balaban J connectivity index is 1.22. The van der Waals surface area contributed by atoms with Crippen LogP contribution in [0, 0.1) is 0 Å². The van der Waals surface area contributed by atoms with Crippen molar-refractivity contribution in [1.29, 1.82) is 0 Å². The van der Waals surface area contributed by atoms with Gasteiger partial charge in [-0.15, -0.1) is 0 Å². The number of nitrogens with one attached hydrogen (secondary N) is 2. The van der Waals surface area contributed by atoms with E-state index in [-0.39, 0.29) is 36.9 Å². The van der Waals surface area contributed by atoms with Gasteiger partial charge in [0.05, 0.1) is 6.54 Å². The molecule has 0 bridgehead atoms. The lowest BCUT2D eigenvalue weighted by Crippen LogP contribution is -2.44. The molecule has 0 aliphatic carbocycles. The van der Waals surface area contributed by atoms with E-state index in [2.05, 4.69) is 15.6 Å². The topological polar surface area (TPSA) is 94.6 Å². The standard InChI is InChI=1S/C21H23N5O3/c27-19(14-26-12-15-5-1-2-6-17(15)21(26)29)24-16-8-10-25(13-16)20(28)11-23-18-7-3-4-9-22-18/h1-7,9,16H,8,10-14H2,(H,22,23)(H,24,27). The van der Waals surface area contributed by atoms with Gasteiger partial charge in [-0.05, 0) is 30.2 Å². The van der Waals surface area contributed by atoms with E-state index in [1.54, 1.807) is 28.1 Å². The van der Waals surface area contributed by atoms with Gasteiger partial charge in [-0.2, -0.15) is 0 Å². The van der Waals surface area contributed by atoms with Crippen LogP contribution in [0.5, 0.6) is 0 Å². The number of carbonyl (C=O) groups is 3. The fraction of sp³-hybridized carbons (Fsp3) is 0.333. The molecule has 1 fully saturated rings. The number of hydrogen-bond donors (Lipinski definition) is 2. The third-order valence-electron chi connectivity index (χ3n) is 5.22. The first kappa shape index (κ1) is 18.9. The molecular weight excluding hydrogens is 370 g/mol. The molecule has 0 radical (unpaired) electrons. The molecule has 1 unspecified atom stereocenters. The predicted molar refractivity (Wildman–Crippen MR) is 107 cm³/mol. The van der Waals surface area contributed by atoms with Crippen molar-refractivity contribution in [2.24, 2.45) is 0 Å². The van der Waals surface area contributed by atoms with Crippen molar-refractivity contribution in [2.45, 2.75) is 19.0 Å². The molecule has 1 saturated heterocycles. The zero-order valence-corrected chi connectivity index (χ0v) is 16.0. The van der Waals surface area contributed by atoms with Gasteiger partial charge in [0.2, 0.25) is 11.8 Å². The smallest absolute Gasteiger partial charge is 0.254 e. The lowest BCUT2D eigenvalue weighted by atomic mass is 10.1. The molecule has 29 heavy (non-hydrogen) atoms. The van der Waals surface area contributed by atoms with E-state index in [1.165, 1.54) is 0 Å². The molecule has 0 spiro atoms. The maximum Gasteiger partial charge on any atom is 0.254 e. The molecule has 1 aromatic heterocycles. The summed E-state index contributed by atoms with van der Waals surface area (Å²) in [6, 6.07) is 12.8. The summed E-state index contributed by atoms with van der Waals surface area (Å²) < 4.78 is 0. The molecule has 3 heterocycles. The van der Waals surface area contributed by atoms with Gasteiger partial charge < -0.3 is 20.4 Å². The fourth-order valence-corrected chi connectivity index (χ4v) is 3.74. The van der Waals surface area contributed by atoms with Gasteiger partial charge in [-0.3, -0.25) is 14.4 Å². The van der Waals surface area contributed by atoms with Crippen LogP contribution in [-0.2, 0) is 16.1 Å². The molecule has 150 valence electrons. The summed E-state index contributed by atoms with van der Waals surface area (Å²) in [5.41, 5.74) is 1.61. The highest BCUT2D eigenvalue weighted by atomic mass is 16.2. The summed E-state index contributed by atoms with van der Waals surface area (Å²) in [7, 11) is 0. The van der Waals surface area contributed by atoms with Crippen LogP contribution in [0.15, 0.2) is 48.7 Å². The first-order valence-corrected chi connectivity index (χ1v) is 9.69. The highest BCUT2D eigenvalue weighted by molar-refractivity contribution is 6.00. The average molecular weight is 393 g/mol. The number of pyridine rings is 1. The van der Waals surface area contributed by atoms with Crippen molar-refractivity contribution < 1.29 is 14.4 Å². The fourth-order valence-electron chi connectivity index (χ4n) is 3.74. The monoisotopic (exact) mass is 393 g/mol. The number of fused-ring (bicyclic) bond motifs is 1. The molecule has 0 saturated carbocycles. The highest BCUT2D eigenvalue weighted by Gasteiger charge is 2.31. The molecular formula is C21H23N5O3. The summed E-state index contributed by atoms with van der Waals surface area (Å²) >= 11 is 0. The number of anilines is 1. The van der Waals surface area contributed by atoms with Crippen LogP contribution in [0.3, 0.4) is 0 Å². The average Bonchev–Trinajstić information content (AvgIpc) is 3.32. The van der Waals surface area contributed by atoms with Gasteiger partial charge in [0.15, 0.2) is 0 Å². The lowest BCUT2D eigenvalue weighted by molar-refractivity contribution is -0.128. The summed E-state index contributed by atoms with van der Waals surface area (Å²) in [6.07, 6.45) is 2.37. The predicted octanol–water partition coefficient (Wildman–Crippen LogP) is 0.867. The Morgan fingerprint density at radius 3 is 2.76 bits per heavy atom. The number of benzene rings is 1. The first-order chi connectivity index (χ1) is 14.1. The maximum absolute atomic E-state index is 12.4. The number of carbonyl (C=O) groups excluding carboxylic acids is 3. The molecule has 1 aromatic carbocycles. The van der Waals surface area contributed by atoms with Crippen molar-refractivity contribution in [3.8, 4) is 0 Å². The van der Waals surface area contributed by atoms with Crippen molar-refractivity contribution in [2.75, 3.05) is 31.5 Å². The molecule has 8 nitrogen and oxygen atoms in total. The van der Waals surface area contributed by atoms with Crippen LogP contribution >= 0.6 is 0 Å². The minimum absolute atomic E-state index is 0.0270. The van der Waals surface area contributed by atoms with Crippen LogP contribution in [0.1, 0.15) is 22.3 Å². The molecule has 2 aliphatic rings. The van der Waals surface area contributed by atoms with Crippen molar-refractivity contribution in [3.05, 3.63) is 59.8 Å². The van der Waals surface area contributed by atoms with E-state index in [9.17, 15) is 14.4 Å². The van der Waals surface area contributed by atoms with Crippen LogP contribution in [0.25, 0.3) is 0 Å². The second kappa shape index (κ2) is 8.30. The van der Waals surface area contributed by atoms with E-state index in [0.29, 0.717) is 37.4 Å². The van der Waals surface area contributed by atoms with Crippen molar-refractivity contribution in [1.82, 2.24) is 20.1 Å². The number of aromatic nitrogens is 1. The molecule has 4 rings (SSSR count). The largest absolute Gasteiger partial charge is 0.361 e. The summed E-state index contributed by atoms with van der Waals surface area (Å²) in [5, 5.41) is 5.96. The highest BCUT2D eigenvalue weighted by Crippen LogP contribution is 2.21. The van der Waals surface area contributed by atoms with E-state index in [4.69, 9.17) is 0 Å². The van der Waals surface area contributed by atoms with Crippen molar-refractivity contribution in [3.63, 3.8) is 0 Å². The van der Waals surface area contributed by atoms with E-state index in [0.717, 1.165) is 5.56 Å². The molecule has 3 amide bonds. The third-order valence-corrected chi connectivity index (χ3v) is 5.22. The second-order valence-corrected chi connectivity index (χ2v) is 7.28. The SMILES string of the molecule is O=C(CN1Cc2ccccc2C1=O)NC1CCN(C(=O)CNc2ccccn2)C1. The van der Waals surface area contributed by atoms with Crippen LogP contribution < -0.4 is 10.6 Å². The van der Waals surface area contributed by atoms with Crippen molar-refractivity contribution >= 4 is 23.5 Å². The molecule has 2 aliphatic heterocycles. The van der Waals surface area contributed by atoms with Gasteiger partial charge in [0.1, 0.15) is 12.4 Å². The van der Waals surface area contributed by atoms with Crippen LogP contribution in [0.4, 0.5) is 5.82 Å². The quantitative estimate of drug-likeness (QED) is 0.759. The third kappa shape index (κ3) is 4.37. The van der Waals surface area contributed by atoms with Gasteiger partial charge >= 0.3 is 0 Å². The van der Waals surface area contributed by atoms with E-state index in [1.807, 2.05) is 30.3 Å². The number of amides is 3. The Morgan fingerprint density at radius 2 is 1.97 bits per heavy atom. The lowest BCUT2D eigenvalue weighted by Gasteiger charge is -2.19. The Bertz CT molecular complexity index is 918. The van der Waals surface area contributed by atoms with Gasteiger partial charge in [0.25, 0.3) is 5.91 Å².